The van der Waals surface area contributed by atoms with Gasteiger partial charge in [-0.05, 0) is 18.4 Å². The van der Waals surface area contributed by atoms with Gasteiger partial charge in [-0.15, -0.1) is 0 Å². The maximum atomic E-state index is 12.4. The molecule has 0 radical (unpaired) electrons. The summed E-state index contributed by atoms with van der Waals surface area (Å²) in [6.07, 6.45) is 7.57. The number of amides is 1. The number of carbonyl (C=O) groups excluding carboxylic acids is 1. The predicted octanol–water partition coefficient (Wildman–Crippen LogP) is 1.75. The van der Waals surface area contributed by atoms with Gasteiger partial charge >= 0.3 is 0 Å². The van der Waals surface area contributed by atoms with E-state index >= 15 is 0 Å². The van der Waals surface area contributed by atoms with Gasteiger partial charge in [-0.1, -0.05) is 12.1 Å². The zero-order valence-corrected chi connectivity index (χ0v) is 12.1. The number of aromatic nitrogens is 4. The second-order valence-corrected chi connectivity index (χ2v) is 5.75. The van der Waals surface area contributed by atoms with Crippen LogP contribution in [-0.2, 0) is 13.0 Å². The van der Waals surface area contributed by atoms with Crippen LogP contribution < -0.4 is 5.32 Å². The first kappa shape index (κ1) is 13.1. The van der Waals surface area contributed by atoms with Crippen LogP contribution in [0.2, 0.25) is 0 Å². The summed E-state index contributed by atoms with van der Waals surface area (Å²) in [5, 5.41) is 10.9. The molecule has 2 N–H and O–H groups in total. The second-order valence-electron chi connectivity index (χ2n) is 5.75. The van der Waals surface area contributed by atoms with E-state index in [0.717, 1.165) is 36.1 Å². The zero-order valence-electron chi connectivity index (χ0n) is 12.1. The maximum absolute atomic E-state index is 12.4. The SMILES string of the molecule is O=C(NCC1CCn2ccnc2C1)c1cccc2cn[nH]c12. The Morgan fingerprint density at radius 1 is 1.45 bits per heavy atom. The molecule has 4 rings (SSSR count). The van der Waals surface area contributed by atoms with Gasteiger partial charge in [0.25, 0.3) is 5.91 Å². The molecular weight excluding hydrogens is 278 g/mol. The van der Waals surface area contributed by atoms with Gasteiger partial charge in [-0.2, -0.15) is 5.10 Å². The third kappa shape index (κ3) is 2.26. The van der Waals surface area contributed by atoms with Gasteiger partial charge in [0.2, 0.25) is 0 Å². The van der Waals surface area contributed by atoms with Crippen molar-refractivity contribution in [3.63, 3.8) is 0 Å². The summed E-state index contributed by atoms with van der Waals surface area (Å²) < 4.78 is 2.18. The molecule has 22 heavy (non-hydrogen) atoms. The number of para-hydroxylation sites is 1. The summed E-state index contributed by atoms with van der Waals surface area (Å²) in [5.41, 5.74) is 1.44. The molecule has 2 aromatic heterocycles. The molecule has 1 aliphatic heterocycles. The number of nitrogens with one attached hydrogen (secondary N) is 2. The highest BCUT2D eigenvalue weighted by molar-refractivity contribution is 6.05. The van der Waals surface area contributed by atoms with Gasteiger partial charge in [-0.25, -0.2) is 4.98 Å². The van der Waals surface area contributed by atoms with Gasteiger partial charge in [0.05, 0.1) is 17.3 Å². The third-order valence-corrected chi connectivity index (χ3v) is 4.32. The number of carbonyl (C=O) groups is 1. The highest BCUT2D eigenvalue weighted by atomic mass is 16.1. The lowest BCUT2D eigenvalue weighted by Crippen LogP contribution is -2.33. The van der Waals surface area contributed by atoms with Crippen LogP contribution in [0.3, 0.4) is 0 Å². The first-order valence-corrected chi connectivity index (χ1v) is 7.51. The average Bonchev–Trinajstić information content (AvgIpc) is 3.20. The minimum absolute atomic E-state index is 0.0521. The number of hydrogen-bond acceptors (Lipinski definition) is 3. The van der Waals surface area contributed by atoms with Crippen molar-refractivity contribution in [2.24, 2.45) is 5.92 Å². The molecule has 1 aromatic carbocycles. The number of rotatable bonds is 3. The summed E-state index contributed by atoms with van der Waals surface area (Å²) in [4.78, 5) is 16.8. The first-order valence-electron chi connectivity index (χ1n) is 7.51. The number of aromatic amines is 1. The summed E-state index contributed by atoms with van der Waals surface area (Å²) >= 11 is 0. The Morgan fingerprint density at radius 3 is 3.36 bits per heavy atom. The van der Waals surface area contributed by atoms with Gasteiger partial charge in [0, 0.05) is 37.3 Å². The van der Waals surface area contributed by atoms with Gasteiger partial charge < -0.3 is 9.88 Å². The van der Waals surface area contributed by atoms with E-state index in [1.165, 1.54) is 0 Å². The normalized spacial score (nSPS) is 17.4. The average molecular weight is 295 g/mol. The van der Waals surface area contributed by atoms with E-state index in [9.17, 15) is 4.79 Å². The van der Waals surface area contributed by atoms with Crippen molar-refractivity contribution < 1.29 is 4.79 Å². The van der Waals surface area contributed by atoms with E-state index in [1.807, 2.05) is 30.6 Å². The first-order chi connectivity index (χ1) is 10.8. The topological polar surface area (TPSA) is 75.6 Å². The van der Waals surface area contributed by atoms with Crippen molar-refractivity contribution in [2.45, 2.75) is 19.4 Å². The Morgan fingerprint density at radius 2 is 2.41 bits per heavy atom. The number of nitrogens with zero attached hydrogens (tertiary/aromatic N) is 3. The van der Waals surface area contributed by atoms with Crippen molar-refractivity contribution in [1.82, 2.24) is 25.1 Å². The van der Waals surface area contributed by atoms with Crippen molar-refractivity contribution in [1.29, 1.82) is 0 Å². The summed E-state index contributed by atoms with van der Waals surface area (Å²) in [6, 6.07) is 5.64. The van der Waals surface area contributed by atoms with Crippen molar-refractivity contribution in [3.05, 3.63) is 48.2 Å². The van der Waals surface area contributed by atoms with Crippen LogP contribution in [0, 0.1) is 5.92 Å². The maximum Gasteiger partial charge on any atom is 0.253 e. The number of fused-ring (bicyclic) bond motifs is 2. The molecule has 0 saturated heterocycles. The number of benzene rings is 1. The standard InChI is InChI=1S/C16H17N5O/c22-16(13-3-1-2-12-10-19-20-15(12)13)18-9-11-4-6-21-7-5-17-14(21)8-11/h1-3,5,7,10-11H,4,6,8-9H2,(H,18,22)(H,19,20). The fraction of sp³-hybridized carbons (Fsp3) is 0.312. The van der Waals surface area contributed by atoms with E-state index in [1.54, 1.807) is 6.20 Å². The Balaban J connectivity index is 1.44. The fourth-order valence-corrected chi connectivity index (χ4v) is 3.08. The van der Waals surface area contributed by atoms with Crippen LogP contribution in [0.5, 0.6) is 0 Å². The molecular formula is C16H17N5O. The molecule has 6 heteroatoms. The molecule has 3 aromatic rings. The van der Waals surface area contributed by atoms with Crippen molar-refractivity contribution >= 4 is 16.8 Å². The lowest BCUT2D eigenvalue weighted by molar-refractivity contribution is 0.0946. The minimum atomic E-state index is -0.0521. The molecule has 1 amide bonds. The molecule has 6 nitrogen and oxygen atoms in total. The predicted molar refractivity (Wildman–Crippen MR) is 82.5 cm³/mol. The van der Waals surface area contributed by atoms with Crippen LogP contribution in [0.25, 0.3) is 10.9 Å². The monoisotopic (exact) mass is 295 g/mol. The molecule has 0 fully saturated rings. The molecule has 3 heterocycles. The Kier molecular flexibility index (Phi) is 3.14. The highest BCUT2D eigenvalue weighted by Crippen LogP contribution is 2.19. The smallest absolute Gasteiger partial charge is 0.253 e. The van der Waals surface area contributed by atoms with Gasteiger partial charge in [-0.3, -0.25) is 9.89 Å². The largest absolute Gasteiger partial charge is 0.352 e. The molecule has 1 aliphatic rings. The van der Waals surface area contributed by atoms with E-state index in [4.69, 9.17) is 0 Å². The zero-order chi connectivity index (χ0) is 14.9. The lowest BCUT2D eigenvalue weighted by atomic mass is 9.97. The number of imidazole rings is 1. The number of H-pyrrole nitrogens is 1. The summed E-state index contributed by atoms with van der Waals surface area (Å²) in [6.45, 7) is 1.65. The molecule has 1 unspecified atom stereocenters. The van der Waals surface area contributed by atoms with E-state index in [0.29, 0.717) is 18.0 Å². The van der Waals surface area contributed by atoms with Crippen LogP contribution in [-0.4, -0.2) is 32.2 Å². The van der Waals surface area contributed by atoms with Crippen molar-refractivity contribution in [3.8, 4) is 0 Å². The van der Waals surface area contributed by atoms with Gasteiger partial charge in [0.1, 0.15) is 5.82 Å². The second kappa shape index (κ2) is 5.29. The Hall–Kier alpha value is -2.63. The molecule has 0 saturated carbocycles. The minimum Gasteiger partial charge on any atom is -0.352 e. The van der Waals surface area contributed by atoms with E-state index in [2.05, 4.69) is 25.1 Å². The van der Waals surface area contributed by atoms with Crippen molar-refractivity contribution in [2.75, 3.05) is 6.54 Å². The van der Waals surface area contributed by atoms with E-state index in [-0.39, 0.29) is 5.91 Å². The van der Waals surface area contributed by atoms with Gasteiger partial charge in [0.15, 0.2) is 0 Å². The summed E-state index contributed by atoms with van der Waals surface area (Å²) in [7, 11) is 0. The van der Waals surface area contributed by atoms with E-state index < -0.39 is 0 Å². The number of aryl methyl sites for hydroxylation is 1. The lowest BCUT2D eigenvalue weighted by Gasteiger charge is -2.23. The molecule has 0 bridgehead atoms. The molecule has 1 atom stereocenters. The third-order valence-electron chi connectivity index (χ3n) is 4.32. The van der Waals surface area contributed by atoms with Crippen LogP contribution in [0.1, 0.15) is 22.6 Å². The quantitative estimate of drug-likeness (QED) is 0.773. The van der Waals surface area contributed by atoms with Crippen LogP contribution >= 0.6 is 0 Å². The van der Waals surface area contributed by atoms with Crippen LogP contribution in [0.4, 0.5) is 0 Å². The molecule has 112 valence electrons. The Bertz CT molecular complexity index is 819. The fourth-order valence-electron chi connectivity index (χ4n) is 3.08. The molecule has 0 spiro atoms. The summed E-state index contributed by atoms with van der Waals surface area (Å²) in [5.74, 6) is 1.50. The molecule has 0 aliphatic carbocycles. The van der Waals surface area contributed by atoms with Crippen LogP contribution in [0.15, 0.2) is 36.8 Å². The Labute approximate surface area is 127 Å². The number of hydrogen-bond donors (Lipinski definition) is 2. The highest BCUT2D eigenvalue weighted by Gasteiger charge is 2.20.